The van der Waals surface area contributed by atoms with Crippen LogP contribution in [0.1, 0.15) is 63.6 Å². The minimum Gasteiger partial charge on any atom is -0.385 e. The van der Waals surface area contributed by atoms with Crippen LogP contribution in [-0.2, 0) is 0 Å². The summed E-state index contributed by atoms with van der Waals surface area (Å²) in [6.07, 6.45) is 9.26. The molecule has 1 aromatic carbocycles. The van der Waals surface area contributed by atoms with Gasteiger partial charge in [0, 0.05) is 46.1 Å². The fraction of sp³-hybridized carbons (Fsp3) is 0.423. The van der Waals surface area contributed by atoms with Crippen LogP contribution in [0.4, 0.5) is 4.39 Å². The molecule has 1 aliphatic heterocycles. The molecule has 170 valence electrons. The fourth-order valence-electron chi connectivity index (χ4n) is 4.48. The molecule has 0 saturated heterocycles. The summed E-state index contributed by atoms with van der Waals surface area (Å²) in [6.45, 7) is 7.07. The number of aliphatic imine (C=N–C) groups is 1. The van der Waals surface area contributed by atoms with E-state index in [2.05, 4.69) is 29.5 Å². The van der Waals surface area contributed by atoms with E-state index < -0.39 is 6.17 Å². The molecule has 2 atom stereocenters. The quantitative estimate of drug-likeness (QED) is 0.478. The van der Waals surface area contributed by atoms with Crippen molar-refractivity contribution in [2.45, 2.75) is 64.2 Å². The van der Waals surface area contributed by atoms with E-state index in [4.69, 9.17) is 16.6 Å². The van der Waals surface area contributed by atoms with Gasteiger partial charge in [-0.2, -0.15) is 0 Å². The van der Waals surface area contributed by atoms with E-state index >= 15 is 0 Å². The molecule has 1 heterocycles. The Bertz CT molecular complexity index is 991. The van der Waals surface area contributed by atoms with Gasteiger partial charge in [-0.1, -0.05) is 61.9 Å². The summed E-state index contributed by atoms with van der Waals surface area (Å²) in [7, 11) is 0. The first-order valence-corrected chi connectivity index (χ1v) is 12.0. The highest BCUT2D eigenvalue weighted by Crippen LogP contribution is 2.33. The van der Waals surface area contributed by atoms with Crippen molar-refractivity contribution in [3.8, 4) is 0 Å². The van der Waals surface area contributed by atoms with Gasteiger partial charge in [-0.05, 0) is 38.2 Å². The van der Waals surface area contributed by atoms with Crippen LogP contribution in [0.15, 0.2) is 76.2 Å². The van der Waals surface area contributed by atoms with Crippen molar-refractivity contribution < 1.29 is 4.39 Å². The van der Waals surface area contributed by atoms with Gasteiger partial charge in [0.05, 0.1) is 5.70 Å². The molecule has 4 nitrogen and oxygen atoms in total. The van der Waals surface area contributed by atoms with Crippen LogP contribution < -0.4 is 16.0 Å². The number of hydrogen-bond acceptors (Lipinski definition) is 4. The van der Waals surface area contributed by atoms with Crippen LogP contribution in [-0.4, -0.2) is 18.6 Å². The molecule has 0 radical (unpaired) electrons. The van der Waals surface area contributed by atoms with E-state index in [1.807, 2.05) is 36.4 Å². The third-order valence-electron chi connectivity index (χ3n) is 6.16. The highest BCUT2D eigenvalue weighted by atomic mass is 35.5. The van der Waals surface area contributed by atoms with Crippen LogP contribution in [0.25, 0.3) is 0 Å². The maximum absolute atomic E-state index is 14.7. The topological polar surface area (TPSA) is 48.5 Å². The highest BCUT2D eigenvalue weighted by Gasteiger charge is 2.28. The van der Waals surface area contributed by atoms with Crippen LogP contribution in [0, 0.1) is 0 Å². The summed E-state index contributed by atoms with van der Waals surface area (Å²) in [5.41, 5.74) is 5.42. The first kappa shape index (κ1) is 22.7. The number of benzene rings is 1. The first-order valence-electron chi connectivity index (χ1n) is 11.6. The van der Waals surface area contributed by atoms with Crippen LogP contribution in [0.2, 0.25) is 5.02 Å². The number of rotatable bonds is 6. The summed E-state index contributed by atoms with van der Waals surface area (Å²) in [6, 6.07) is 7.80. The van der Waals surface area contributed by atoms with E-state index in [0.29, 0.717) is 22.8 Å². The van der Waals surface area contributed by atoms with E-state index in [-0.39, 0.29) is 6.17 Å². The molecule has 32 heavy (non-hydrogen) atoms. The van der Waals surface area contributed by atoms with Crippen molar-refractivity contribution in [3.05, 3.63) is 81.8 Å². The van der Waals surface area contributed by atoms with Gasteiger partial charge in [-0.3, -0.25) is 0 Å². The average Bonchev–Trinajstić information content (AvgIpc) is 3.04. The minimum absolute atomic E-state index is 0.265. The Balaban J connectivity index is 1.67. The lowest BCUT2D eigenvalue weighted by Gasteiger charge is -2.30. The Labute approximate surface area is 195 Å². The number of alkyl halides is 1. The largest absolute Gasteiger partial charge is 0.385 e. The number of nitrogens with zero attached hydrogens (tertiary/aromatic N) is 1. The highest BCUT2D eigenvalue weighted by molar-refractivity contribution is 6.31. The SMILES string of the molecule is C=C(NC1=NC(c2ccccc2Cl)NC2=C1CCCCC2)C1=C(NCCC)C(F)CC=C1. The van der Waals surface area contributed by atoms with Crippen molar-refractivity contribution in [2.24, 2.45) is 4.99 Å². The summed E-state index contributed by atoms with van der Waals surface area (Å²) >= 11 is 6.49. The average molecular weight is 455 g/mol. The van der Waals surface area contributed by atoms with Gasteiger partial charge in [-0.25, -0.2) is 9.38 Å². The molecule has 2 unspecified atom stereocenters. The molecule has 1 aromatic rings. The Morgan fingerprint density at radius 1 is 1.25 bits per heavy atom. The van der Waals surface area contributed by atoms with Crippen molar-refractivity contribution in [2.75, 3.05) is 6.54 Å². The molecule has 0 saturated carbocycles. The number of amidine groups is 1. The Morgan fingerprint density at radius 2 is 2.06 bits per heavy atom. The third-order valence-corrected chi connectivity index (χ3v) is 6.51. The zero-order valence-corrected chi connectivity index (χ0v) is 19.4. The van der Waals surface area contributed by atoms with Gasteiger partial charge in [0.25, 0.3) is 0 Å². The lowest BCUT2D eigenvalue weighted by molar-refractivity contribution is 0.362. The molecule has 3 N–H and O–H groups in total. The molecule has 0 spiro atoms. The summed E-state index contributed by atoms with van der Waals surface area (Å²) in [4.78, 5) is 5.01. The predicted octanol–water partition coefficient (Wildman–Crippen LogP) is 6.21. The molecule has 0 aromatic heterocycles. The van der Waals surface area contributed by atoms with E-state index in [1.165, 1.54) is 17.7 Å². The second-order valence-corrected chi connectivity index (χ2v) is 8.93. The van der Waals surface area contributed by atoms with Gasteiger partial charge in [-0.15, -0.1) is 0 Å². The molecular weight excluding hydrogens is 423 g/mol. The van der Waals surface area contributed by atoms with Crippen LogP contribution in [0.3, 0.4) is 0 Å². The standard InChI is InChI=1S/C26H32ClFN4/c1-3-16-29-24-18(12-9-14-22(24)28)17(2)30-26-20-11-5-4-6-15-23(20)31-25(32-26)19-10-7-8-13-21(19)27/h7-10,12-13,22,25,29,31H,2-6,11,14-16H2,1H3,(H,30,32). The second-order valence-electron chi connectivity index (χ2n) is 8.53. The van der Waals surface area contributed by atoms with Gasteiger partial charge in [0.1, 0.15) is 18.2 Å². The molecule has 0 amide bonds. The van der Waals surface area contributed by atoms with Crippen molar-refractivity contribution >= 4 is 17.4 Å². The lowest BCUT2D eigenvalue weighted by atomic mass is 9.98. The van der Waals surface area contributed by atoms with Crippen molar-refractivity contribution in [1.82, 2.24) is 16.0 Å². The predicted molar refractivity (Wildman–Crippen MR) is 131 cm³/mol. The Hall–Kier alpha value is -2.53. The van der Waals surface area contributed by atoms with Crippen molar-refractivity contribution in [3.63, 3.8) is 0 Å². The van der Waals surface area contributed by atoms with Gasteiger partial charge in [0.2, 0.25) is 0 Å². The first-order chi connectivity index (χ1) is 15.6. The van der Waals surface area contributed by atoms with Crippen LogP contribution in [0.5, 0.6) is 0 Å². The summed E-state index contributed by atoms with van der Waals surface area (Å²) in [5.74, 6) is 0.812. The third kappa shape index (κ3) is 4.93. The molecule has 6 heteroatoms. The molecular formula is C26H32ClFN4. The van der Waals surface area contributed by atoms with Crippen LogP contribution >= 0.6 is 11.6 Å². The van der Waals surface area contributed by atoms with Crippen molar-refractivity contribution in [1.29, 1.82) is 0 Å². The monoisotopic (exact) mass is 454 g/mol. The maximum Gasteiger partial charge on any atom is 0.148 e. The smallest absolute Gasteiger partial charge is 0.148 e. The Morgan fingerprint density at radius 3 is 2.88 bits per heavy atom. The maximum atomic E-state index is 14.7. The Kier molecular flexibility index (Phi) is 7.36. The number of halogens is 2. The van der Waals surface area contributed by atoms with Gasteiger partial charge < -0.3 is 16.0 Å². The van der Waals surface area contributed by atoms with Gasteiger partial charge >= 0.3 is 0 Å². The summed E-state index contributed by atoms with van der Waals surface area (Å²) < 4.78 is 14.7. The molecule has 4 rings (SSSR count). The summed E-state index contributed by atoms with van der Waals surface area (Å²) in [5, 5.41) is 11.0. The molecule has 2 aliphatic carbocycles. The van der Waals surface area contributed by atoms with Gasteiger partial charge in [0.15, 0.2) is 0 Å². The van der Waals surface area contributed by atoms with E-state index in [1.54, 1.807) is 0 Å². The number of hydrogen-bond donors (Lipinski definition) is 3. The molecule has 0 fully saturated rings. The zero-order valence-electron chi connectivity index (χ0n) is 18.7. The minimum atomic E-state index is -1.04. The molecule has 0 bridgehead atoms. The number of allylic oxidation sites excluding steroid dienone is 4. The molecule has 3 aliphatic rings. The number of nitrogens with one attached hydrogen (secondary N) is 3. The second kappa shape index (κ2) is 10.4. The zero-order chi connectivity index (χ0) is 22.5. The lowest BCUT2D eigenvalue weighted by Crippen LogP contribution is -2.36. The van der Waals surface area contributed by atoms with E-state index in [0.717, 1.165) is 55.6 Å². The fourth-order valence-corrected chi connectivity index (χ4v) is 4.72. The van der Waals surface area contributed by atoms with E-state index in [9.17, 15) is 4.39 Å². The normalized spacial score (nSPS) is 23.2.